The number of imidazole rings is 1. The Hall–Kier alpha value is -3.54. The SMILES string of the molecule is CCO/N=C(\C(=O)N[C@@H]1C(=O)N2C(C(=O)O)=C(Cn3c[n+]4ccsc4c3CO)CS[C@H]12)c1nsc(N)n1. The summed E-state index contributed by atoms with van der Waals surface area (Å²) in [5, 5.41) is 27.6. The Labute approximate surface area is 221 Å². The Morgan fingerprint density at radius 1 is 1.43 bits per heavy atom. The number of anilines is 1. The van der Waals surface area contributed by atoms with E-state index in [2.05, 4.69) is 19.8 Å². The Morgan fingerprint density at radius 2 is 2.24 bits per heavy atom. The molecule has 3 aromatic rings. The van der Waals surface area contributed by atoms with Crippen molar-refractivity contribution in [3.63, 3.8) is 0 Å². The molecule has 2 atom stereocenters. The van der Waals surface area contributed by atoms with Crippen LogP contribution in [-0.2, 0) is 32.4 Å². The third kappa shape index (κ3) is 4.43. The molecule has 0 bridgehead atoms. The zero-order valence-corrected chi connectivity index (χ0v) is 21.7. The van der Waals surface area contributed by atoms with Gasteiger partial charge in [0.25, 0.3) is 11.8 Å². The van der Waals surface area contributed by atoms with Crippen LogP contribution < -0.4 is 15.5 Å². The average molecular weight is 566 g/mol. The molecule has 5 N–H and O–H groups in total. The first-order valence-electron chi connectivity index (χ1n) is 10.9. The van der Waals surface area contributed by atoms with Crippen LogP contribution in [0.5, 0.6) is 0 Å². The number of nitrogens with zero attached hydrogens (tertiary/aromatic N) is 6. The first kappa shape index (κ1) is 25.1. The third-order valence-corrected chi connectivity index (χ3v) is 8.50. The van der Waals surface area contributed by atoms with E-state index in [9.17, 15) is 24.6 Å². The highest BCUT2D eigenvalue weighted by Crippen LogP contribution is 2.41. The second kappa shape index (κ2) is 10.1. The highest BCUT2D eigenvalue weighted by atomic mass is 32.2. The van der Waals surface area contributed by atoms with Gasteiger partial charge in [-0.15, -0.1) is 11.8 Å². The number of aromatic nitrogens is 4. The predicted octanol–water partition coefficient (Wildman–Crippen LogP) is -0.606. The molecule has 14 nitrogen and oxygen atoms in total. The van der Waals surface area contributed by atoms with Crippen molar-refractivity contribution in [1.29, 1.82) is 0 Å². The second-order valence-corrected chi connectivity index (χ2v) is 10.7. The van der Waals surface area contributed by atoms with Crippen molar-refractivity contribution in [3.05, 3.63) is 40.7 Å². The van der Waals surface area contributed by atoms with E-state index in [1.807, 2.05) is 16.0 Å². The van der Waals surface area contributed by atoms with Crippen molar-refractivity contribution in [2.45, 2.75) is 31.5 Å². The lowest BCUT2D eigenvalue weighted by atomic mass is 10.0. The van der Waals surface area contributed by atoms with E-state index in [1.54, 1.807) is 17.8 Å². The van der Waals surface area contributed by atoms with E-state index in [4.69, 9.17) is 10.6 Å². The molecule has 17 heteroatoms. The van der Waals surface area contributed by atoms with Gasteiger partial charge in [0, 0.05) is 28.2 Å². The lowest BCUT2D eigenvalue weighted by Gasteiger charge is -2.49. The summed E-state index contributed by atoms with van der Waals surface area (Å²) in [6, 6.07) is -0.975. The van der Waals surface area contributed by atoms with Gasteiger partial charge in [-0.1, -0.05) is 16.5 Å². The molecular formula is C20H21N8O6S3+. The highest BCUT2D eigenvalue weighted by molar-refractivity contribution is 8.00. The lowest BCUT2D eigenvalue weighted by molar-refractivity contribution is -0.508. The molecular weight excluding hydrogens is 544 g/mol. The molecule has 0 saturated carbocycles. The predicted molar refractivity (Wildman–Crippen MR) is 134 cm³/mol. The molecule has 3 aromatic heterocycles. The van der Waals surface area contributed by atoms with E-state index in [1.165, 1.54) is 28.0 Å². The summed E-state index contributed by atoms with van der Waals surface area (Å²) < 4.78 is 7.60. The van der Waals surface area contributed by atoms with E-state index >= 15 is 0 Å². The van der Waals surface area contributed by atoms with E-state index in [0.29, 0.717) is 17.0 Å². The Kier molecular flexibility index (Phi) is 6.84. The van der Waals surface area contributed by atoms with Crippen molar-refractivity contribution >= 4 is 68.1 Å². The number of aliphatic hydroxyl groups is 1. The van der Waals surface area contributed by atoms with Gasteiger partial charge in [-0.05, 0) is 6.92 Å². The standard InChI is InChI=1S/C20H20N8O6S3/c1-2-34-24-11(14-23-20(21)37-25-14)15(30)22-12-16(31)28-13(19(32)33)9(7-36-18(12)28)5-27-8-26-3-4-35-17(26)10(27)6-29/h3-4,8,12,18,29H,2,5-7H2,1H3,(H3-,21,22,23,25,30,32,33)/p+1/b24-11-/t12-,18-/m1/s1. The Morgan fingerprint density at radius 3 is 2.92 bits per heavy atom. The van der Waals surface area contributed by atoms with Gasteiger partial charge in [0.15, 0.2) is 10.8 Å². The van der Waals surface area contributed by atoms with Crippen molar-refractivity contribution < 1.29 is 33.8 Å². The number of amides is 2. The van der Waals surface area contributed by atoms with Gasteiger partial charge in [0.2, 0.25) is 22.7 Å². The number of carbonyl (C=O) groups excluding carboxylic acids is 2. The first-order valence-corrected chi connectivity index (χ1v) is 13.6. The van der Waals surface area contributed by atoms with Crippen molar-refractivity contribution in [2.75, 3.05) is 18.1 Å². The number of carbonyl (C=O) groups is 3. The molecule has 2 aliphatic heterocycles. The number of aliphatic hydroxyl groups excluding tert-OH is 1. The molecule has 0 spiro atoms. The van der Waals surface area contributed by atoms with Crippen LogP contribution >= 0.6 is 34.6 Å². The number of thiazole rings is 1. The fraction of sp³-hybridized carbons (Fsp3) is 0.350. The molecule has 5 rings (SSSR count). The molecule has 37 heavy (non-hydrogen) atoms. The van der Waals surface area contributed by atoms with Crippen LogP contribution in [0.25, 0.3) is 4.83 Å². The van der Waals surface area contributed by atoms with Gasteiger partial charge in [-0.2, -0.15) is 13.8 Å². The summed E-state index contributed by atoms with van der Waals surface area (Å²) in [4.78, 5) is 49.3. The lowest BCUT2D eigenvalue weighted by Crippen LogP contribution is -2.71. The molecule has 2 aliphatic rings. The number of hydrogen-bond acceptors (Lipinski definition) is 12. The number of hydrogen-bond donors (Lipinski definition) is 4. The van der Waals surface area contributed by atoms with Crippen LogP contribution in [0.4, 0.5) is 5.13 Å². The van der Waals surface area contributed by atoms with Crippen LogP contribution in [0.1, 0.15) is 18.4 Å². The summed E-state index contributed by atoms with van der Waals surface area (Å²) in [6.07, 6.45) is 3.62. The number of carboxylic acid groups (broad SMARTS) is 1. The van der Waals surface area contributed by atoms with Crippen LogP contribution in [0.2, 0.25) is 0 Å². The quantitative estimate of drug-likeness (QED) is 0.113. The molecule has 1 saturated heterocycles. The molecule has 0 aliphatic carbocycles. The average Bonchev–Trinajstić information content (AvgIpc) is 3.58. The van der Waals surface area contributed by atoms with Gasteiger partial charge < -0.3 is 26.1 Å². The number of fused-ring (bicyclic) bond motifs is 2. The smallest absolute Gasteiger partial charge is 0.352 e. The molecule has 1 fully saturated rings. The number of nitrogens with one attached hydrogen (secondary N) is 1. The third-order valence-electron chi connectivity index (χ3n) is 5.69. The summed E-state index contributed by atoms with van der Waals surface area (Å²) in [5.41, 5.74) is 6.42. The normalized spacial score (nSPS) is 19.7. The molecule has 0 aromatic carbocycles. The minimum atomic E-state index is -1.24. The van der Waals surface area contributed by atoms with Gasteiger partial charge in [-0.3, -0.25) is 14.5 Å². The number of rotatable bonds is 9. The number of β-lactam (4-membered cyclic amide) rings is 1. The number of nitrogen functional groups attached to an aromatic ring is 1. The van der Waals surface area contributed by atoms with E-state index < -0.39 is 29.2 Å². The minimum absolute atomic E-state index is 0.0361. The van der Waals surface area contributed by atoms with Gasteiger partial charge in [0.1, 0.15) is 43.1 Å². The monoisotopic (exact) mass is 565 g/mol. The Balaban J connectivity index is 1.37. The number of aliphatic carboxylic acids is 1. The first-order chi connectivity index (χ1) is 17.8. The Bertz CT molecular complexity index is 1460. The summed E-state index contributed by atoms with van der Waals surface area (Å²) >= 11 is 3.68. The summed E-state index contributed by atoms with van der Waals surface area (Å²) in [5.74, 6) is -2.27. The van der Waals surface area contributed by atoms with Gasteiger partial charge in [0.05, 0.1) is 0 Å². The van der Waals surface area contributed by atoms with Crippen LogP contribution in [0.3, 0.4) is 0 Å². The maximum absolute atomic E-state index is 13.1. The summed E-state index contributed by atoms with van der Waals surface area (Å²) in [6.45, 7) is 1.85. The zero-order chi connectivity index (χ0) is 26.3. The minimum Gasteiger partial charge on any atom is -0.477 e. The molecule has 5 heterocycles. The van der Waals surface area contributed by atoms with Crippen LogP contribution in [-0.4, -0.2) is 76.3 Å². The number of thioether (sulfide) groups is 1. The highest BCUT2D eigenvalue weighted by Gasteiger charge is 2.54. The van der Waals surface area contributed by atoms with Crippen LogP contribution in [0, 0.1) is 0 Å². The maximum Gasteiger partial charge on any atom is 0.352 e. The fourth-order valence-electron chi connectivity index (χ4n) is 4.10. The van der Waals surface area contributed by atoms with Crippen molar-refractivity contribution in [2.24, 2.45) is 5.16 Å². The molecule has 0 radical (unpaired) electrons. The number of carboxylic acids is 1. The molecule has 194 valence electrons. The summed E-state index contributed by atoms with van der Waals surface area (Å²) in [7, 11) is 0. The van der Waals surface area contributed by atoms with E-state index in [0.717, 1.165) is 16.4 Å². The van der Waals surface area contributed by atoms with Crippen molar-refractivity contribution in [1.82, 2.24) is 24.1 Å². The van der Waals surface area contributed by atoms with Crippen LogP contribution in [0.15, 0.2) is 34.3 Å². The fourth-order valence-corrected chi connectivity index (χ4v) is 6.74. The number of oxime groups is 1. The molecule has 0 unspecified atom stereocenters. The zero-order valence-electron chi connectivity index (χ0n) is 19.2. The van der Waals surface area contributed by atoms with Gasteiger partial charge in [-0.25, -0.2) is 9.36 Å². The van der Waals surface area contributed by atoms with E-state index in [-0.39, 0.29) is 42.1 Å². The van der Waals surface area contributed by atoms with Gasteiger partial charge >= 0.3 is 5.97 Å². The topological polar surface area (TPSA) is 189 Å². The number of nitrogens with two attached hydrogens (primary N) is 1. The largest absolute Gasteiger partial charge is 0.477 e. The molecule has 2 amide bonds. The second-order valence-electron chi connectivity index (χ2n) is 7.90. The maximum atomic E-state index is 13.1. The van der Waals surface area contributed by atoms with Crippen molar-refractivity contribution in [3.8, 4) is 0 Å².